The molecule has 0 aromatic rings. The molecule has 102 valence electrons. The van der Waals surface area contributed by atoms with Crippen LogP contribution in [0, 0.1) is 17.8 Å². The minimum atomic E-state index is 0.732. The highest BCUT2D eigenvalue weighted by atomic mass is 15.1. The van der Waals surface area contributed by atoms with Crippen LogP contribution in [-0.4, -0.2) is 31.1 Å². The lowest BCUT2D eigenvalue weighted by molar-refractivity contribution is 0.248. The molecule has 1 heterocycles. The molecule has 1 aliphatic rings. The summed E-state index contributed by atoms with van der Waals surface area (Å²) in [5, 5.41) is 0. The average molecular weight is 240 g/mol. The van der Waals surface area contributed by atoms with E-state index in [9.17, 15) is 0 Å². The van der Waals surface area contributed by atoms with Gasteiger partial charge in [0.2, 0.25) is 0 Å². The summed E-state index contributed by atoms with van der Waals surface area (Å²) in [6.45, 7) is 11.7. The fraction of sp³-hybridized carbons (Fsp3) is 1.00. The summed E-state index contributed by atoms with van der Waals surface area (Å²) in [5.74, 6) is 2.45. The lowest BCUT2D eigenvalue weighted by Crippen LogP contribution is -2.29. The Labute approximate surface area is 108 Å². The molecule has 0 saturated carbocycles. The van der Waals surface area contributed by atoms with Crippen molar-refractivity contribution < 1.29 is 0 Å². The summed E-state index contributed by atoms with van der Waals surface area (Å²) in [7, 11) is 0. The molecule has 1 rings (SSSR count). The third-order valence-corrected chi connectivity index (χ3v) is 4.10. The molecular weight excluding hydrogens is 208 g/mol. The van der Waals surface area contributed by atoms with Crippen molar-refractivity contribution in [2.75, 3.05) is 26.2 Å². The largest absolute Gasteiger partial charge is 0.330 e. The maximum absolute atomic E-state index is 5.87. The molecule has 2 unspecified atom stereocenters. The number of hydrogen-bond acceptors (Lipinski definition) is 2. The first kappa shape index (κ1) is 15.0. The number of likely N-dealkylation sites (tertiary alicyclic amines) is 1. The Kier molecular flexibility index (Phi) is 7.14. The van der Waals surface area contributed by atoms with Gasteiger partial charge in [0.1, 0.15) is 0 Å². The lowest BCUT2D eigenvalue weighted by Gasteiger charge is -2.24. The molecule has 2 heteroatoms. The Morgan fingerprint density at radius 2 is 2.00 bits per heavy atom. The second-order valence-corrected chi connectivity index (χ2v) is 6.40. The SMILES string of the molecule is CC(C)CC(CN)CCN1CCCC(C)CC1. The van der Waals surface area contributed by atoms with Gasteiger partial charge in [0.15, 0.2) is 0 Å². The van der Waals surface area contributed by atoms with Crippen molar-refractivity contribution in [2.45, 2.75) is 52.9 Å². The van der Waals surface area contributed by atoms with Crippen LogP contribution in [0.1, 0.15) is 52.9 Å². The molecule has 1 fully saturated rings. The predicted molar refractivity (Wildman–Crippen MR) is 76.1 cm³/mol. The van der Waals surface area contributed by atoms with E-state index < -0.39 is 0 Å². The number of nitrogens with zero attached hydrogens (tertiary/aromatic N) is 1. The molecule has 2 nitrogen and oxygen atoms in total. The van der Waals surface area contributed by atoms with E-state index in [1.165, 1.54) is 51.7 Å². The third-order valence-electron chi connectivity index (χ3n) is 4.10. The van der Waals surface area contributed by atoms with Crippen molar-refractivity contribution in [3.63, 3.8) is 0 Å². The second kappa shape index (κ2) is 8.10. The first-order valence-corrected chi connectivity index (χ1v) is 7.54. The van der Waals surface area contributed by atoms with Crippen molar-refractivity contribution in [3.05, 3.63) is 0 Å². The molecule has 17 heavy (non-hydrogen) atoms. The Morgan fingerprint density at radius 1 is 1.24 bits per heavy atom. The minimum Gasteiger partial charge on any atom is -0.330 e. The van der Waals surface area contributed by atoms with E-state index in [0.717, 1.165) is 24.3 Å². The quantitative estimate of drug-likeness (QED) is 0.773. The van der Waals surface area contributed by atoms with Gasteiger partial charge in [-0.2, -0.15) is 0 Å². The standard InChI is InChI=1S/C15H32N2/c1-13(2)11-15(12-16)7-10-17-8-4-5-14(3)6-9-17/h13-15H,4-12,16H2,1-3H3. The highest BCUT2D eigenvalue weighted by Crippen LogP contribution is 2.19. The number of nitrogens with two attached hydrogens (primary N) is 1. The van der Waals surface area contributed by atoms with Crippen LogP contribution in [0.3, 0.4) is 0 Å². The average Bonchev–Trinajstić information content (AvgIpc) is 2.49. The van der Waals surface area contributed by atoms with Crippen LogP contribution >= 0.6 is 0 Å². The highest BCUT2D eigenvalue weighted by Gasteiger charge is 2.15. The van der Waals surface area contributed by atoms with Gasteiger partial charge in [0.05, 0.1) is 0 Å². The Bertz CT molecular complexity index is 191. The van der Waals surface area contributed by atoms with Gasteiger partial charge >= 0.3 is 0 Å². The van der Waals surface area contributed by atoms with Gasteiger partial charge < -0.3 is 10.6 Å². The first-order valence-electron chi connectivity index (χ1n) is 7.54. The summed E-state index contributed by atoms with van der Waals surface area (Å²) in [6.07, 6.45) is 6.78. The van der Waals surface area contributed by atoms with E-state index in [4.69, 9.17) is 5.73 Å². The molecule has 0 aliphatic carbocycles. The molecule has 0 aromatic heterocycles. The minimum absolute atomic E-state index is 0.732. The van der Waals surface area contributed by atoms with Gasteiger partial charge in [-0.25, -0.2) is 0 Å². The molecule has 0 aromatic carbocycles. The molecule has 1 aliphatic heterocycles. The normalized spacial score (nSPS) is 24.9. The van der Waals surface area contributed by atoms with Gasteiger partial charge in [-0.15, -0.1) is 0 Å². The Hall–Kier alpha value is -0.0800. The summed E-state index contributed by atoms with van der Waals surface area (Å²) >= 11 is 0. The maximum Gasteiger partial charge on any atom is -0.00156 e. The van der Waals surface area contributed by atoms with Crippen LogP contribution < -0.4 is 5.73 Å². The van der Waals surface area contributed by atoms with Gasteiger partial charge in [-0.05, 0) is 76.0 Å². The van der Waals surface area contributed by atoms with Gasteiger partial charge in [-0.1, -0.05) is 20.8 Å². The topological polar surface area (TPSA) is 29.3 Å². The lowest BCUT2D eigenvalue weighted by atomic mass is 9.94. The third kappa shape index (κ3) is 6.42. The molecule has 2 atom stereocenters. The van der Waals surface area contributed by atoms with Crippen molar-refractivity contribution in [3.8, 4) is 0 Å². The van der Waals surface area contributed by atoms with E-state index in [2.05, 4.69) is 25.7 Å². The van der Waals surface area contributed by atoms with Crippen molar-refractivity contribution in [1.29, 1.82) is 0 Å². The molecule has 0 radical (unpaired) electrons. The molecule has 2 N–H and O–H groups in total. The highest BCUT2D eigenvalue weighted by molar-refractivity contribution is 4.70. The number of hydrogen-bond donors (Lipinski definition) is 1. The first-order chi connectivity index (χ1) is 8.11. The van der Waals surface area contributed by atoms with Crippen molar-refractivity contribution in [1.82, 2.24) is 4.90 Å². The fourth-order valence-corrected chi connectivity index (χ4v) is 2.91. The van der Waals surface area contributed by atoms with Gasteiger partial charge in [0.25, 0.3) is 0 Å². The van der Waals surface area contributed by atoms with E-state index in [0.29, 0.717) is 0 Å². The smallest absolute Gasteiger partial charge is 0.00156 e. The predicted octanol–water partition coefficient (Wildman–Crippen LogP) is 3.12. The van der Waals surface area contributed by atoms with E-state index >= 15 is 0 Å². The van der Waals surface area contributed by atoms with Crippen LogP contribution in [0.25, 0.3) is 0 Å². The summed E-state index contributed by atoms with van der Waals surface area (Å²) in [6, 6.07) is 0. The van der Waals surface area contributed by atoms with Crippen molar-refractivity contribution >= 4 is 0 Å². The molecule has 0 amide bonds. The number of rotatable bonds is 6. The van der Waals surface area contributed by atoms with Crippen LogP contribution in [0.4, 0.5) is 0 Å². The molecule has 0 spiro atoms. The fourth-order valence-electron chi connectivity index (χ4n) is 2.91. The summed E-state index contributed by atoms with van der Waals surface area (Å²) in [4.78, 5) is 2.66. The van der Waals surface area contributed by atoms with Gasteiger partial charge in [-0.3, -0.25) is 0 Å². The molecule has 1 saturated heterocycles. The van der Waals surface area contributed by atoms with E-state index in [1.54, 1.807) is 0 Å². The van der Waals surface area contributed by atoms with E-state index in [-0.39, 0.29) is 0 Å². The summed E-state index contributed by atoms with van der Waals surface area (Å²) in [5.41, 5.74) is 5.87. The molecular formula is C15H32N2. The van der Waals surface area contributed by atoms with Crippen LogP contribution in [-0.2, 0) is 0 Å². The maximum atomic E-state index is 5.87. The van der Waals surface area contributed by atoms with Crippen LogP contribution in [0.5, 0.6) is 0 Å². The van der Waals surface area contributed by atoms with Crippen molar-refractivity contribution in [2.24, 2.45) is 23.5 Å². The zero-order chi connectivity index (χ0) is 12.7. The summed E-state index contributed by atoms with van der Waals surface area (Å²) < 4.78 is 0. The Morgan fingerprint density at radius 3 is 2.65 bits per heavy atom. The zero-order valence-electron chi connectivity index (χ0n) is 12.1. The molecule has 0 bridgehead atoms. The zero-order valence-corrected chi connectivity index (χ0v) is 12.1. The van der Waals surface area contributed by atoms with E-state index in [1.807, 2.05) is 0 Å². The second-order valence-electron chi connectivity index (χ2n) is 6.40. The van der Waals surface area contributed by atoms with Crippen LogP contribution in [0.2, 0.25) is 0 Å². The Balaban J connectivity index is 2.23. The van der Waals surface area contributed by atoms with Gasteiger partial charge in [0, 0.05) is 0 Å². The monoisotopic (exact) mass is 240 g/mol. The van der Waals surface area contributed by atoms with Crippen LogP contribution in [0.15, 0.2) is 0 Å².